The van der Waals surface area contributed by atoms with Crippen LogP contribution in [0.1, 0.15) is 48.5 Å². The summed E-state index contributed by atoms with van der Waals surface area (Å²) < 4.78 is 11.6. The lowest BCUT2D eigenvalue weighted by Crippen LogP contribution is -2.67. The molecule has 2 rings (SSSR count). The van der Waals surface area contributed by atoms with Crippen molar-refractivity contribution >= 4 is 12.6 Å². The average molecular weight is 442 g/mol. The third-order valence-corrected chi connectivity index (χ3v) is 5.74. The van der Waals surface area contributed by atoms with Crippen LogP contribution >= 0.6 is 12.6 Å². The van der Waals surface area contributed by atoms with Gasteiger partial charge in [0.05, 0.1) is 29.1 Å². The van der Waals surface area contributed by atoms with Gasteiger partial charge in [0.2, 0.25) is 0 Å². The van der Waals surface area contributed by atoms with Gasteiger partial charge in [0.1, 0.15) is 24.1 Å². The van der Waals surface area contributed by atoms with Gasteiger partial charge in [0, 0.05) is 12.1 Å². The summed E-state index contributed by atoms with van der Waals surface area (Å²) >= 11 is 4.54. The quantitative estimate of drug-likeness (QED) is 0.422. The molecular formula is C23H39NO5S. The molecular weight excluding hydrogens is 402 g/mol. The van der Waals surface area contributed by atoms with E-state index >= 15 is 0 Å². The number of aliphatic hydroxyl groups excluding tert-OH is 3. The highest BCUT2D eigenvalue weighted by atomic mass is 32.1. The standard InChI is InChI=1S/C23H39NO5S/c1-21(2,3)20-16(17(26)18(15(13-25)28-20)29-22(4,5)6)24-12-14-10-8-9-11-23(7,30)19(14)27/h8-11,15-18,20,24-27,30H,12-13H2,1-7H3. The first-order chi connectivity index (χ1) is 13.7. The molecule has 0 amide bonds. The molecule has 1 aliphatic carbocycles. The fourth-order valence-corrected chi connectivity index (χ4v) is 4.12. The summed E-state index contributed by atoms with van der Waals surface area (Å²) in [6.07, 6.45) is 4.78. The molecule has 1 heterocycles. The van der Waals surface area contributed by atoms with E-state index in [0.717, 1.165) is 0 Å². The Kier molecular flexibility index (Phi) is 7.92. The Bertz CT molecular complexity index is 687. The first-order valence-corrected chi connectivity index (χ1v) is 11.0. The SMILES string of the molecule is CC(C)(C)OC1C(CO)OC(C(C)(C)C)C(NCC2=C(O)C(C)(S)C=CC=C2)C1O. The Balaban J connectivity index is 2.31. The van der Waals surface area contributed by atoms with E-state index in [1.165, 1.54) is 0 Å². The highest BCUT2D eigenvalue weighted by Crippen LogP contribution is 2.36. The normalized spacial score (nSPS) is 35.6. The van der Waals surface area contributed by atoms with Crippen LogP contribution in [0.3, 0.4) is 0 Å². The molecule has 1 saturated heterocycles. The maximum Gasteiger partial charge on any atom is 0.116 e. The van der Waals surface area contributed by atoms with Gasteiger partial charge in [-0.1, -0.05) is 45.1 Å². The summed E-state index contributed by atoms with van der Waals surface area (Å²) in [5.41, 5.74) is -0.116. The minimum atomic E-state index is -0.905. The number of thiol groups is 1. The van der Waals surface area contributed by atoms with E-state index in [1.807, 2.05) is 72.8 Å². The Morgan fingerprint density at radius 2 is 1.83 bits per heavy atom. The van der Waals surface area contributed by atoms with Crippen molar-refractivity contribution in [2.24, 2.45) is 5.41 Å². The van der Waals surface area contributed by atoms with Crippen LogP contribution in [-0.2, 0) is 9.47 Å². The van der Waals surface area contributed by atoms with E-state index in [0.29, 0.717) is 12.1 Å². The average Bonchev–Trinajstić information content (AvgIpc) is 2.72. The van der Waals surface area contributed by atoms with Gasteiger partial charge < -0.3 is 30.1 Å². The number of ether oxygens (including phenoxy) is 2. The zero-order chi connectivity index (χ0) is 22.9. The van der Waals surface area contributed by atoms with Crippen LogP contribution in [0.2, 0.25) is 0 Å². The van der Waals surface area contributed by atoms with Crippen LogP contribution in [-0.4, -0.2) is 69.3 Å². The van der Waals surface area contributed by atoms with Crippen molar-refractivity contribution in [1.82, 2.24) is 5.32 Å². The van der Waals surface area contributed by atoms with Crippen molar-refractivity contribution in [3.8, 4) is 0 Å². The van der Waals surface area contributed by atoms with Gasteiger partial charge in [0.25, 0.3) is 0 Å². The summed E-state index contributed by atoms with van der Waals surface area (Å²) in [5.74, 6) is 0.164. The number of aliphatic hydroxyl groups is 3. The van der Waals surface area contributed by atoms with Crippen LogP contribution in [0.25, 0.3) is 0 Å². The Hall–Kier alpha value is -0.830. The van der Waals surface area contributed by atoms with Gasteiger partial charge in [-0.05, 0) is 33.1 Å². The summed E-state index contributed by atoms with van der Waals surface area (Å²) in [4.78, 5) is 0. The Morgan fingerprint density at radius 3 is 2.37 bits per heavy atom. The van der Waals surface area contributed by atoms with Gasteiger partial charge in [-0.3, -0.25) is 0 Å². The first-order valence-electron chi connectivity index (χ1n) is 10.5. The highest BCUT2D eigenvalue weighted by molar-refractivity contribution is 7.82. The molecule has 0 spiro atoms. The van der Waals surface area contributed by atoms with Gasteiger partial charge >= 0.3 is 0 Å². The largest absolute Gasteiger partial charge is 0.510 e. The summed E-state index contributed by atoms with van der Waals surface area (Å²) in [6, 6.07) is -0.462. The molecule has 0 bridgehead atoms. The lowest BCUT2D eigenvalue weighted by atomic mass is 9.78. The van der Waals surface area contributed by atoms with Crippen molar-refractivity contribution in [3.63, 3.8) is 0 Å². The second-order valence-corrected chi connectivity index (χ2v) is 11.4. The molecule has 0 aromatic rings. The van der Waals surface area contributed by atoms with Gasteiger partial charge in [-0.25, -0.2) is 0 Å². The van der Waals surface area contributed by atoms with Gasteiger partial charge in [-0.2, -0.15) is 12.6 Å². The topological polar surface area (TPSA) is 91.2 Å². The lowest BCUT2D eigenvalue weighted by Gasteiger charge is -2.50. The number of allylic oxidation sites excluding steroid dienone is 2. The van der Waals surface area contributed by atoms with Crippen molar-refractivity contribution in [2.45, 2.75) is 89.3 Å². The zero-order valence-corrected chi connectivity index (χ0v) is 20.1. The molecule has 0 radical (unpaired) electrons. The molecule has 0 aromatic carbocycles. The highest BCUT2D eigenvalue weighted by Gasteiger charge is 2.50. The fraction of sp³-hybridized carbons (Fsp3) is 0.739. The van der Waals surface area contributed by atoms with E-state index in [-0.39, 0.29) is 23.9 Å². The third-order valence-electron chi connectivity index (χ3n) is 5.38. The van der Waals surface area contributed by atoms with Crippen LogP contribution < -0.4 is 5.32 Å². The molecule has 2 aliphatic rings. The number of nitrogens with one attached hydrogen (secondary N) is 1. The van der Waals surface area contributed by atoms with Crippen molar-refractivity contribution in [2.75, 3.05) is 13.2 Å². The van der Waals surface area contributed by atoms with Crippen molar-refractivity contribution in [3.05, 3.63) is 35.6 Å². The molecule has 4 N–H and O–H groups in total. The smallest absolute Gasteiger partial charge is 0.116 e. The molecule has 6 nitrogen and oxygen atoms in total. The van der Waals surface area contributed by atoms with Crippen LogP contribution in [0.15, 0.2) is 35.6 Å². The third kappa shape index (κ3) is 6.11. The number of hydrogen-bond acceptors (Lipinski definition) is 7. The molecule has 0 saturated carbocycles. The second kappa shape index (κ2) is 9.35. The summed E-state index contributed by atoms with van der Waals surface area (Å²) in [7, 11) is 0. The van der Waals surface area contributed by atoms with Crippen LogP contribution in [0.5, 0.6) is 0 Å². The predicted molar refractivity (Wildman–Crippen MR) is 123 cm³/mol. The Morgan fingerprint density at radius 1 is 1.20 bits per heavy atom. The zero-order valence-electron chi connectivity index (χ0n) is 19.2. The second-order valence-electron chi connectivity index (χ2n) is 10.5. The van der Waals surface area contributed by atoms with Gasteiger partial charge in [-0.15, -0.1) is 0 Å². The monoisotopic (exact) mass is 441 g/mol. The molecule has 6 atom stereocenters. The molecule has 30 heavy (non-hydrogen) atoms. The fourth-order valence-electron chi connectivity index (χ4n) is 3.89. The van der Waals surface area contributed by atoms with Crippen molar-refractivity contribution in [1.29, 1.82) is 0 Å². The maximum atomic E-state index is 11.3. The van der Waals surface area contributed by atoms with E-state index in [4.69, 9.17) is 9.47 Å². The van der Waals surface area contributed by atoms with Crippen molar-refractivity contribution < 1.29 is 24.8 Å². The van der Waals surface area contributed by atoms with E-state index in [1.54, 1.807) is 0 Å². The number of rotatable bonds is 5. The first kappa shape index (κ1) is 25.4. The van der Waals surface area contributed by atoms with E-state index in [9.17, 15) is 15.3 Å². The van der Waals surface area contributed by atoms with Gasteiger partial charge in [0.15, 0.2) is 0 Å². The lowest BCUT2D eigenvalue weighted by molar-refractivity contribution is -0.250. The Labute approximate surface area is 186 Å². The summed E-state index contributed by atoms with van der Waals surface area (Å²) in [5, 5.41) is 35.3. The molecule has 1 aliphatic heterocycles. The molecule has 0 aromatic heterocycles. The maximum absolute atomic E-state index is 11.3. The number of hydrogen-bond donors (Lipinski definition) is 5. The molecule has 6 unspecified atom stereocenters. The minimum absolute atomic E-state index is 0.164. The minimum Gasteiger partial charge on any atom is -0.510 e. The predicted octanol–water partition coefficient (Wildman–Crippen LogP) is 2.92. The molecule has 172 valence electrons. The van der Waals surface area contributed by atoms with Crippen LogP contribution in [0, 0.1) is 5.41 Å². The van der Waals surface area contributed by atoms with E-state index in [2.05, 4.69) is 17.9 Å². The van der Waals surface area contributed by atoms with E-state index < -0.39 is 34.7 Å². The van der Waals surface area contributed by atoms with Crippen LogP contribution in [0.4, 0.5) is 0 Å². The molecule has 1 fully saturated rings. The summed E-state index contributed by atoms with van der Waals surface area (Å²) in [6.45, 7) is 13.7. The molecule has 7 heteroatoms.